The van der Waals surface area contributed by atoms with Crippen molar-refractivity contribution < 1.29 is 14.0 Å². The van der Waals surface area contributed by atoms with E-state index in [2.05, 4.69) is 31.3 Å². The normalized spacial score (nSPS) is 24.7. The molecular formula is C22H29FN6O2. The minimum absolute atomic E-state index is 0.247. The van der Waals surface area contributed by atoms with E-state index in [9.17, 15) is 9.59 Å². The summed E-state index contributed by atoms with van der Waals surface area (Å²) in [5.41, 5.74) is 1.59. The average Bonchev–Trinajstić information content (AvgIpc) is 3.32. The van der Waals surface area contributed by atoms with Gasteiger partial charge in [0, 0.05) is 50.2 Å². The molecule has 5 rings (SSSR count). The first kappa shape index (κ1) is 20.4. The SMILES string of the molecule is Cc1cn([C@@H]2CCN(CC3(F)CCNCC3)C2)c2ncc(N3CCC(=O)NC3=O)cc12. The Morgan fingerprint density at radius 3 is 2.84 bits per heavy atom. The monoisotopic (exact) mass is 428 g/mol. The van der Waals surface area contributed by atoms with Gasteiger partial charge in [0.15, 0.2) is 0 Å². The number of urea groups is 1. The highest BCUT2D eigenvalue weighted by Gasteiger charge is 2.36. The number of pyridine rings is 1. The number of nitrogens with zero attached hydrogens (tertiary/aromatic N) is 4. The van der Waals surface area contributed by atoms with Gasteiger partial charge in [-0.1, -0.05) is 0 Å². The quantitative estimate of drug-likeness (QED) is 0.780. The molecule has 0 spiro atoms. The number of alkyl halides is 1. The molecule has 3 aliphatic rings. The van der Waals surface area contributed by atoms with Crippen LogP contribution in [-0.2, 0) is 4.79 Å². The average molecular weight is 429 g/mol. The Balaban J connectivity index is 1.34. The smallest absolute Gasteiger partial charge is 0.328 e. The summed E-state index contributed by atoms with van der Waals surface area (Å²) in [5, 5.41) is 6.60. The van der Waals surface area contributed by atoms with Crippen molar-refractivity contribution in [3.8, 4) is 0 Å². The van der Waals surface area contributed by atoms with Gasteiger partial charge in [0.25, 0.3) is 0 Å². The van der Waals surface area contributed by atoms with Gasteiger partial charge in [-0.05, 0) is 50.9 Å². The molecule has 0 bridgehead atoms. The third-order valence-electron chi connectivity index (χ3n) is 6.87. The molecule has 3 fully saturated rings. The Kier molecular flexibility index (Phi) is 5.18. The number of halogens is 1. The number of rotatable bonds is 4. The molecule has 2 aromatic heterocycles. The van der Waals surface area contributed by atoms with Gasteiger partial charge in [-0.25, -0.2) is 14.2 Å². The number of carbonyl (C=O) groups is 2. The molecule has 3 aliphatic heterocycles. The van der Waals surface area contributed by atoms with Crippen LogP contribution in [0.3, 0.4) is 0 Å². The molecule has 9 heteroatoms. The molecular weight excluding hydrogens is 399 g/mol. The van der Waals surface area contributed by atoms with Gasteiger partial charge in [0.05, 0.1) is 11.9 Å². The molecule has 8 nitrogen and oxygen atoms in total. The third-order valence-corrected chi connectivity index (χ3v) is 6.87. The van der Waals surface area contributed by atoms with E-state index in [-0.39, 0.29) is 18.4 Å². The maximum absolute atomic E-state index is 15.1. The van der Waals surface area contributed by atoms with Crippen LogP contribution in [-0.4, -0.2) is 71.3 Å². The number of piperidine rings is 1. The van der Waals surface area contributed by atoms with Crippen molar-refractivity contribution in [2.45, 2.75) is 44.3 Å². The second-order valence-corrected chi connectivity index (χ2v) is 9.12. The molecule has 0 unspecified atom stereocenters. The summed E-state index contributed by atoms with van der Waals surface area (Å²) in [5.74, 6) is -0.247. The van der Waals surface area contributed by atoms with E-state index in [4.69, 9.17) is 0 Å². The number of anilines is 1. The molecule has 3 amide bonds. The maximum atomic E-state index is 15.1. The van der Waals surface area contributed by atoms with E-state index in [0.717, 1.165) is 49.2 Å². The molecule has 31 heavy (non-hydrogen) atoms. The van der Waals surface area contributed by atoms with Crippen molar-refractivity contribution in [1.82, 2.24) is 25.1 Å². The second-order valence-electron chi connectivity index (χ2n) is 9.12. The fourth-order valence-corrected chi connectivity index (χ4v) is 5.13. The number of hydrogen-bond donors (Lipinski definition) is 2. The van der Waals surface area contributed by atoms with E-state index >= 15 is 4.39 Å². The fraction of sp³-hybridized carbons (Fsp3) is 0.591. The minimum atomic E-state index is -1.08. The van der Waals surface area contributed by atoms with Crippen LogP contribution in [0, 0.1) is 6.92 Å². The summed E-state index contributed by atoms with van der Waals surface area (Å²) in [6.07, 6.45) is 6.24. The Bertz CT molecular complexity index is 1010. The van der Waals surface area contributed by atoms with Gasteiger partial charge in [0.2, 0.25) is 5.91 Å². The topological polar surface area (TPSA) is 82.5 Å². The van der Waals surface area contributed by atoms with Gasteiger partial charge >= 0.3 is 6.03 Å². The highest BCUT2D eigenvalue weighted by Crippen LogP contribution is 2.33. The molecule has 0 saturated carbocycles. The Morgan fingerprint density at radius 2 is 2.06 bits per heavy atom. The number of nitrogens with one attached hydrogen (secondary N) is 2. The van der Waals surface area contributed by atoms with Gasteiger partial charge < -0.3 is 9.88 Å². The van der Waals surface area contributed by atoms with Crippen LogP contribution in [0.5, 0.6) is 0 Å². The van der Waals surface area contributed by atoms with Gasteiger partial charge in [-0.15, -0.1) is 0 Å². The number of likely N-dealkylation sites (tertiary alicyclic amines) is 1. The molecule has 5 heterocycles. The molecule has 1 atom stereocenters. The highest BCUT2D eigenvalue weighted by atomic mass is 19.1. The van der Waals surface area contributed by atoms with Crippen LogP contribution in [0.4, 0.5) is 14.9 Å². The van der Waals surface area contributed by atoms with Crippen molar-refractivity contribution in [2.24, 2.45) is 0 Å². The lowest BCUT2D eigenvalue weighted by Crippen LogP contribution is -2.49. The molecule has 0 aliphatic carbocycles. The van der Waals surface area contributed by atoms with Gasteiger partial charge in [0.1, 0.15) is 11.3 Å². The zero-order valence-electron chi connectivity index (χ0n) is 17.9. The van der Waals surface area contributed by atoms with Crippen molar-refractivity contribution in [3.05, 3.63) is 24.0 Å². The van der Waals surface area contributed by atoms with Crippen LogP contribution in [0.2, 0.25) is 0 Å². The van der Waals surface area contributed by atoms with Crippen molar-refractivity contribution in [1.29, 1.82) is 0 Å². The zero-order chi connectivity index (χ0) is 21.6. The number of carbonyl (C=O) groups excluding carboxylic acids is 2. The number of amides is 3. The molecule has 166 valence electrons. The summed E-state index contributed by atoms with van der Waals surface area (Å²) in [6.45, 7) is 6.13. The predicted octanol–water partition coefficient (Wildman–Crippen LogP) is 2.13. The Morgan fingerprint density at radius 1 is 1.26 bits per heavy atom. The molecule has 3 saturated heterocycles. The summed E-state index contributed by atoms with van der Waals surface area (Å²) in [4.78, 5) is 32.1. The first-order chi connectivity index (χ1) is 14.9. The lowest BCUT2D eigenvalue weighted by atomic mass is 9.94. The fourth-order valence-electron chi connectivity index (χ4n) is 5.13. The minimum Gasteiger partial charge on any atom is -0.328 e. The number of aryl methyl sites for hydroxylation is 1. The lowest BCUT2D eigenvalue weighted by Gasteiger charge is -2.33. The van der Waals surface area contributed by atoms with Crippen LogP contribution in [0.25, 0.3) is 11.0 Å². The largest absolute Gasteiger partial charge is 0.328 e. The number of fused-ring (bicyclic) bond motifs is 1. The molecule has 2 aromatic rings. The highest BCUT2D eigenvalue weighted by molar-refractivity contribution is 6.06. The maximum Gasteiger partial charge on any atom is 0.328 e. The van der Waals surface area contributed by atoms with E-state index in [0.29, 0.717) is 31.6 Å². The van der Waals surface area contributed by atoms with Crippen LogP contribution in [0.15, 0.2) is 18.5 Å². The number of hydrogen-bond acceptors (Lipinski definition) is 5. The van der Waals surface area contributed by atoms with E-state index in [1.54, 1.807) is 11.1 Å². The van der Waals surface area contributed by atoms with Crippen molar-refractivity contribution in [2.75, 3.05) is 44.2 Å². The summed E-state index contributed by atoms with van der Waals surface area (Å²) >= 11 is 0. The van der Waals surface area contributed by atoms with Crippen molar-refractivity contribution >= 4 is 28.7 Å². The first-order valence-electron chi connectivity index (χ1n) is 11.1. The van der Waals surface area contributed by atoms with Crippen molar-refractivity contribution in [3.63, 3.8) is 0 Å². The summed E-state index contributed by atoms with van der Waals surface area (Å²) in [7, 11) is 0. The lowest BCUT2D eigenvalue weighted by molar-refractivity contribution is -0.120. The standard InChI is InChI=1S/C22H29FN6O2/c1-15-12-29(16-2-8-27(13-16)14-22(23)4-6-24-7-5-22)20-18(15)10-17(11-25-20)28-9-3-19(30)26-21(28)31/h10-12,16,24H,2-9,13-14H2,1H3,(H,26,30,31)/t16-/m1/s1. The van der Waals surface area contributed by atoms with Gasteiger partial charge in [-0.3, -0.25) is 19.9 Å². The first-order valence-corrected chi connectivity index (χ1v) is 11.1. The Hall–Kier alpha value is -2.52. The molecule has 0 radical (unpaired) electrons. The van der Waals surface area contributed by atoms with E-state index in [1.165, 1.54) is 0 Å². The number of aromatic nitrogens is 2. The third kappa shape index (κ3) is 3.92. The molecule has 2 N–H and O–H groups in total. The zero-order valence-corrected chi connectivity index (χ0v) is 17.9. The second kappa shape index (κ2) is 7.87. The van der Waals surface area contributed by atoms with Gasteiger partial charge in [-0.2, -0.15) is 0 Å². The van der Waals surface area contributed by atoms with Crippen LogP contribution < -0.4 is 15.5 Å². The van der Waals surface area contributed by atoms with Crippen LogP contribution in [0.1, 0.15) is 37.3 Å². The predicted molar refractivity (Wildman–Crippen MR) is 116 cm³/mol. The van der Waals surface area contributed by atoms with Crippen LogP contribution >= 0.6 is 0 Å². The Labute approximate surface area is 180 Å². The number of imide groups is 1. The summed E-state index contributed by atoms with van der Waals surface area (Å²) < 4.78 is 17.3. The summed E-state index contributed by atoms with van der Waals surface area (Å²) in [6, 6.07) is 1.83. The van der Waals surface area contributed by atoms with E-state index in [1.807, 2.05) is 13.0 Å². The van der Waals surface area contributed by atoms with E-state index < -0.39 is 11.7 Å². The molecule has 0 aromatic carbocycles.